The quantitative estimate of drug-likeness (QED) is 0.393. The highest BCUT2D eigenvalue weighted by Gasteiger charge is 2.27. The van der Waals surface area contributed by atoms with Crippen molar-refractivity contribution in [3.8, 4) is 0 Å². The summed E-state index contributed by atoms with van der Waals surface area (Å²) in [6.45, 7) is 3.67. The average molecular weight is 221 g/mol. The number of hydrogen-bond acceptors (Lipinski definition) is 3. The van der Waals surface area contributed by atoms with Crippen LogP contribution in [0, 0.1) is 5.41 Å². The maximum Gasteiger partial charge on any atom is 0.311 e. The van der Waals surface area contributed by atoms with Crippen LogP contribution in [-0.2, 0) is 14.3 Å². The lowest BCUT2D eigenvalue weighted by atomic mass is 9.87. The summed E-state index contributed by atoms with van der Waals surface area (Å²) in [6, 6.07) is 0. The van der Waals surface area contributed by atoms with Gasteiger partial charge in [0.05, 0.1) is 12.5 Å². The van der Waals surface area contributed by atoms with Crippen LogP contribution in [0.15, 0.2) is 0 Å². The van der Waals surface area contributed by atoms with E-state index in [0.717, 1.165) is 12.8 Å². The Morgan fingerprint density at radius 1 is 1.29 bits per heavy atom. The van der Waals surface area contributed by atoms with Gasteiger partial charge < -0.3 is 4.74 Å². The molecule has 0 atom stereocenters. The summed E-state index contributed by atoms with van der Waals surface area (Å²) in [7, 11) is 1.38. The van der Waals surface area contributed by atoms with Gasteiger partial charge in [-0.2, -0.15) is 0 Å². The molecule has 0 aromatic heterocycles. The van der Waals surface area contributed by atoms with Gasteiger partial charge in [0.25, 0.3) is 0 Å². The molecular weight excluding hydrogens is 204 g/mol. The van der Waals surface area contributed by atoms with Crippen LogP contribution in [0.5, 0.6) is 0 Å². The number of methoxy groups -OCH3 is 1. The van der Waals surface area contributed by atoms with Crippen LogP contribution in [0.1, 0.15) is 39.5 Å². The molecule has 0 aromatic rings. The van der Waals surface area contributed by atoms with Crippen LogP contribution in [0.4, 0.5) is 0 Å². The van der Waals surface area contributed by atoms with Crippen molar-refractivity contribution in [1.82, 2.24) is 0 Å². The molecule has 0 unspecified atom stereocenters. The van der Waals surface area contributed by atoms with Gasteiger partial charge in [0.1, 0.15) is 0 Å². The minimum atomic E-state index is -0.468. The Kier molecular flexibility index (Phi) is 5.77. The summed E-state index contributed by atoms with van der Waals surface area (Å²) in [5.74, 6) is -0.213. The third-order valence-electron chi connectivity index (χ3n) is 2.16. The highest BCUT2D eigenvalue weighted by Crippen LogP contribution is 2.25. The molecule has 0 aromatic carbocycles. The van der Waals surface area contributed by atoms with Crippen molar-refractivity contribution in [3.05, 3.63) is 0 Å². The molecule has 0 bridgehead atoms. The van der Waals surface area contributed by atoms with E-state index in [1.54, 1.807) is 0 Å². The van der Waals surface area contributed by atoms with Gasteiger partial charge in [-0.05, 0) is 38.3 Å². The standard InChI is InChI=1S/C10H17ClO3/c1-10(2,9(13)14-3)7-5-4-6-8(11)12/h4-7H2,1-3H3. The lowest BCUT2D eigenvalue weighted by molar-refractivity contribution is -0.151. The fraction of sp³-hybridized carbons (Fsp3) is 0.800. The van der Waals surface area contributed by atoms with Gasteiger partial charge in [-0.15, -0.1) is 0 Å². The molecule has 0 amide bonds. The second kappa shape index (κ2) is 6.02. The van der Waals surface area contributed by atoms with Crippen molar-refractivity contribution in [2.24, 2.45) is 5.41 Å². The van der Waals surface area contributed by atoms with E-state index in [-0.39, 0.29) is 11.2 Å². The topological polar surface area (TPSA) is 43.4 Å². The lowest BCUT2D eigenvalue weighted by Crippen LogP contribution is -2.25. The molecule has 4 heteroatoms. The summed E-state index contributed by atoms with van der Waals surface area (Å²) >= 11 is 5.19. The van der Waals surface area contributed by atoms with Crippen LogP contribution < -0.4 is 0 Å². The largest absolute Gasteiger partial charge is 0.469 e. The number of rotatable bonds is 6. The van der Waals surface area contributed by atoms with Gasteiger partial charge >= 0.3 is 5.97 Å². The van der Waals surface area contributed by atoms with Crippen LogP contribution in [0.3, 0.4) is 0 Å². The molecule has 82 valence electrons. The van der Waals surface area contributed by atoms with Gasteiger partial charge in [-0.3, -0.25) is 9.59 Å². The Morgan fingerprint density at radius 3 is 2.29 bits per heavy atom. The average Bonchev–Trinajstić information content (AvgIpc) is 2.10. The third-order valence-corrected chi connectivity index (χ3v) is 2.35. The fourth-order valence-corrected chi connectivity index (χ4v) is 1.34. The second-order valence-electron chi connectivity index (χ2n) is 3.94. The Labute approximate surface area is 89.8 Å². The Bertz CT molecular complexity index is 211. The van der Waals surface area contributed by atoms with Crippen molar-refractivity contribution in [3.63, 3.8) is 0 Å². The molecule has 0 aliphatic carbocycles. The molecule has 0 rings (SSSR count). The molecule has 0 saturated carbocycles. The van der Waals surface area contributed by atoms with Crippen molar-refractivity contribution in [2.45, 2.75) is 39.5 Å². The van der Waals surface area contributed by atoms with Crippen molar-refractivity contribution in [1.29, 1.82) is 0 Å². The van der Waals surface area contributed by atoms with Crippen LogP contribution in [-0.4, -0.2) is 18.3 Å². The van der Waals surface area contributed by atoms with Gasteiger partial charge in [-0.1, -0.05) is 6.42 Å². The van der Waals surface area contributed by atoms with E-state index in [1.807, 2.05) is 13.8 Å². The van der Waals surface area contributed by atoms with Gasteiger partial charge in [0.15, 0.2) is 0 Å². The van der Waals surface area contributed by atoms with Crippen molar-refractivity contribution >= 4 is 22.8 Å². The molecule has 3 nitrogen and oxygen atoms in total. The highest BCUT2D eigenvalue weighted by molar-refractivity contribution is 6.63. The minimum Gasteiger partial charge on any atom is -0.469 e. The van der Waals surface area contributed by atoms with E-state index in [2.05, 4.69) is 4.74 Å². The van der Waals surface area contributed by atoms with Crippen molar-refractivity contribution < 1.29 is 14.3 Å². The predicted octanol–water partition coefficient (Wildman–Crippen LogP) is 2.51. The minimum absolute atomic E-state index is 0.213. The maximum absolute atomic E-state index is 11.2. The number of carbonyl (C=O) groups excluding carboxylic acids is 2. The zero-order valence-electron chi connectivity index (χ0n) is 8.93. The van der Waals surface area contributed by atoms with Crippen molar-refractivity contribution in [2.75, 3.05) is 7.11 Å². The summed E-state index contributed by atoms with van der Waals surface area (Å²) in [5.41, 5.74) is -0.468. The molecule has 0 fully saturated rings. The summed E-state index contributed by atoms with van der Waals surface area (Å²) in [4.78, 5) is 21.7. The molecule has 0 aliphatic heterocycles. The first-order valence-corrected chi connectivity index (χ1v) is 5.04. The Hall–Kier alpha value is -0.570. The normalized spacial score (nSPS) is 11.1. The lowest BCUT2D eigenvalue weighted by Gasteiger charge is -2.20. The number of unbranched alkanes of at least 4 members (excludes halogenated alkanes) is 1. The summed E-state index contributed by atoms with van der Waals surface area (Å²) in [6.07, 6.45) is 2.62. The number of ether oxygens (including phenoxy) is 1. The number of hydrogen-bond donors (Lipinski definition) is 0. The highest BCUT2D eigenvalue weighted by atomic mass is 35.5. The first-order valence-electron chi connectivity index (χ1n) is 4.67. The maximum atomic E-state index is 11.2. The van der Waals surface area contributed by atoms with Gasteiger partial charge in [0.2, 0.25) is 5.24 Å². The van der Waals surface area contributed by atoms with Gasteiger partial charge in [-0.25, -0.2) is 0 Å². The summed E-state index contributed by atoms with van der Waals surface area (Å²) in [5, 5.41) is -0.319. The third kappa shape index (κ3) is 5.22. The molecule has 14 heavy (non-hydrogen) atoms. The Balaban J connectivity index is 3.76. The van der Waals surface area contributed by atoms with Crippen LogP contribution >= 0.6 is 11.6 Å². The molecule has 0 heterocycles. The van der Waals surface area contributed by atoms with Gasteiger partial charge in [0, 0.05) is 6.42 Å². The predicted molar refractivity (Wildman–Crippen MR) is 55.1 cm³/mol. The molecule has 0 spiro atoms. The first kappa shape index (κ1) is 13.4. The molecule has 0 saturated heterocycles. The van der Waals surface area contributed by atoms with E-state index in [4.69, 9.17) is 11.6 Å². The summed E-state index contributed by atoms with van der Waals surface area (Å²) < 4.78 is 4.66. The molecular formula is C10H17ClO3. The smallest absolute Gasteiger partial charge is 0.311 e. The zero-order chi connectivity index (χ0) is 11.2. The number of carbonyl (C=O) groups is 2. The molecule has 0 aliphatic rings. The van der Waals surface area contributed by atoms with E-state index in [1.165, 1.54) is 7.11 Å². The van der Waals surface area contributed by atoms with Crippen LogP contribution in [0.2, 0.25) is 0 Å². The zero-order valence-corrected chi connectivity index (χ0v) is 9.69. The second-order valence-corrected chi connectivity index (χ2v) is 4.36. The van der Waals surface area contributed by atoms with E-state index < -0.39 is 5.41 Å². The number of halogens is 1. The SMILES string of the molecule is COC(=O)C(C)(C)CCCCC(=O)Cl. The first-order chi connectivity index (χ1) is 6.40. The monoisotopic (exact) mass is 220 g/mol. The Morgan fingerprint density at radius 2 is 1.86 bits per heavy atom. The molecule has 0 N–H and O–H groups in total. The molecule has 0 radical (unpaired) electrons. The van der Waals surface area contributed by atoms with E-state index in [0.29, 0.717) is 12.8 Å². The van der Waals surface area contributed by atoms with E-state index >= 15 is 0 Å². The van der Waals surface area contributed by atoms with E-state index in [9.17, 15) is 9.59 Å². The fourth-order valence-electron chi connectivity index (χ4n) is 1.21. The number of esters is 1. The van der Waals surface area contributed by atoms with Crippen LogP contribution in [0.25, 0.3) is 0 Å².